The summed E-state index contributed by atoms with van der Waals surface area (Å²) in [5, 5.41) is 2.36. The van der Waals surface area contributed by atoms with Gasteiger partial charge < -0.3 is 9.80 Å². The number of carbonyl (C=O) groups is 3. The Morgan fingerprint density at radius 2 is 1.91 bits per heavy atom. The Morgan fingerprint density at radius 1 is 1.09 bits per heavy atom. The summed E-state index contributed by atoms with van der Waals surface area (Å²) >= 11 is 0. The topological polar surface area (TPSA) is 85.9 Å². The minimum absolute atomic E-state index is 0.114. The number of nitrogens with one attached hydrogen (secondary N) is 1. The Labute approximate surface area is 198 Å². The molecule has 3 saturated heterocycles. The minimum atomic E-state index is -0.565. The molecule has 1 aromatic heterocycles. The van der Waals surface area contributed by atoms with E-state index in [2.05, 4.69) is 32.2 Å². The van der Waals surface area contributed by atoms with Gasteiger partial charge in [0, 0.05) is 61.7 Å². The van der Waals surface area contributed by atoms with E-state index in [0.29, 0.717) is 23.9 Å². The Hall–Kier alpha value is -3.26. The molecule has 176 valence electrons. The van der Waals surface area contributed by atoms with E-state index in [-0.39, 0.29) is 24.1 Å². The fourth-order valence-electron chi connectivity index (χ4n) is 5.96. The van der Waals surface area contributed by atoms with Crippen LogP contribution in [-0.4, -0.2) is 64.7 Å². The highest BCUT2D eigenvalue weighted by Crippen LogP contribution is 2.43. The minimum Gasteiger partial charge on any atom is -0.370 e. The van der Waals surface area contributed by atoms with Gasteiger partial charge in [0.15, 0.2) is 0 Å². The van der Waals surface area contributed by atoms with Crippen LogP contribution in [0.3, 0.4) is 0 Å². The molecule has 1 spiro atoms. The number of hydrogen-bond donors (Lipinski definition) is 1. The molecular formula is C26H29N5O3. The van der Waals surface area contributed by atoms with Crippen LogP contribution in [0.15, 0.2) is 42.7 Å². The van der Waals surface area contributed by atoms with Crippen LogP contribution in [0.4, 0.5) is 5.69 Å². The summed E-state index contributed by atoms with van der Waals surface area (Å²) in [6.45, 7) is 5.73. The highest BCUT2D eigenvalue weighted by Gasteiger charge is 2.45. The number of nitrogens with zero attached hydrogens (tertiary/aromatic N) is 4. The Bertz CT molecular complexity index is 1130. The van der Waals surface area contributed by atoms with Gasteiger partial charge in [0.2, 0.25) is 11.8 Å². The van der Waals surface area contributed by atoms with Crippen LogP contribution in [0.25, 0.3) is 0 Å². The van der Waals surface area contributed by atoms with Crippen molar-refractivity contribution >= 4 is 23.4 Å². The highest BCUT2D eigenvalue weighted by atomic mass is 16.2. The van der Waals surface area contributed by atoms with Crippen molar-refractivity contribution in [2.45, 2.75) is 44.8 Å². The number of rotatable bonds is 4. The zero-order valence-electron chi connectivity index (χ0n) is 19.2. The molecule has 1 aromatic carbocycles. The zero-order chi connectivity index (χ0) is 23.3. The van der Waals surface area contributed by atoms with Crippen LogP contribution < -0.4 is 10.2 Å². The van der Waals surface area contributed by atoms with E-state index >= 15 is 0 Å². The van der Waals surface area contributed by atoms with E-state index in [4.69, 9.17) is 0 Å². The monoisotopic (exact) mass is 459 g/mol. The van der Waals surface area contributed by atoms with Crippen molar-refractivity contribution in [3.63, 3.8) is 0 Å². The molecule has 2 aromatic rings. The average Bonchev–Trinajstić information content (AvgIpc) is 3.14. The van der Waals surface area contributed by atoms with Gasteiger partial charge in [-0.3, -0.25) is 29.6 Å². The van der Waals surface area contributed by atoms with Crippen molar-refractivity contribution in [2.24, 2.45) is 5.41 Å². The first kappa shape index (κ1) is 21.3. The highest BCUT2D eigenvalue weighted by molar-refractivity contribution is 6.05. The van der Waals surface area contributed by atoms with Crippen LogP contribution in [0.2, 0.25) is 0 Å². The molecule has 0 bridgehead atoms. The van der Waals surface area contributed by atoms with E-state index < -0.39 is 6.04 Å². The molecule has 1 N–H and O–H groups in total. The van der Waals surface area contributed by atoms with Crippen molar-refractivity contribution in [3.05, 3.63) is 59.4 Å². The summed E-state index contributed by atoms with van der Waals surface area (Å²) in [4.78, 5) is 47.5. The van der Waals surface area contributed by atoms with E-state index in [1.165, 1.54) is 18.4 Å². The van der Waals surface area contributed by atoms with Gasteiger partial charge in [0.25, 0.3) is 5.91 Å². The molecular weight excluding hydrogens is 430 g/mol. The van der Waals surface area contributed by atoms with E-state index in [0.717, 1.165) is 44.0 Å². The van der Waals surface area contributed by atoms with E-state index in [9.17, 15) is 14.4 Å². The number of pyridine rings is 1. The molecule has 8 nitrogen and oxygen atoms in total. The van der Waals surface area contributed by atoms with Crippen molar-refractivity contribution in [3.8, 4) is 0 Å². The molecule has 34 heavy (non-hydrogen) atoms. The quantitative estimate of drug-likeness (QED) is 0.704. The predicted octanol–water partition coefficient (Wildman–Crippen LogP) is 1.95. The molecule has 1 atom stereocenters. The molecule has 6 rings (SSSR count). The second-order valence-corrected chi connectivity index (χ2v) is 10.2. The van der Waals surface area contributed by atoms with Gasteiger partial charge in [-0.1, -0.05) is 6.07 Å². The first-order chi connectivity index (χ1) is 16.5. The molecule has 0 saturated carbocycles. The number of amides is 3. The lowest BCUT2D eigenvalue weighted by Crippen LogP contribution is -2.60. The first-order valence-corrected chi connectivity index (χ1v) is 12.1. The first-order valence-electron chi connectivity index (χ1n) is 12.1. The second kappa shape index (κ2) is 8.20. The molecule has 4 aliphatic heterocycles. The number of piperidine rings is 2. The summed E-state index contributed by atoms with van der Waals surface area (Å²) < 4.78 is 0. The van der Waals surface area contributed by atoms with E-state index in [1.54, 1.807) is 4.90 Å². The smallest absolute Gasteiger partial charge is 0.255 e. The SMILES string of the molecule is O=C1CCC(N2Cc3cc(N4CC5(CCN(Cc6cccnc6)CC5)C4)ccc3C2=O)C(=O)N1. The molecule has 0 radical (unpaired) electrons. The Balaban J connectivity index is 1.07. The van der Waals surface area contributed by atoms with Gasteiger partial charge in [-0.2, -0.15) is 0 Å². The van der Waals surface area contributed by atoms with Crippen LogP contribution in [-0.2, 0) is 22.7 Å². The van der Waals surface area contributed by atoms with Crippen molar-refractivity contribution in [1.82, 2.24) is 20.1 Å². The van der Waals surface area contributed by atoms with Crippen molar-refractivity contribution < 1.29 is 14.4 Å². The maximum absolute atomic E-state index is 12.9. The van der Waals surface area contributed by atoms with Crippen LogP contribution in [0.1, 0.15) is 47.2 Å². The summed E-state index contributed by atoms with van der Waals surface area (Å²) in [7, 11) is 0. The molecule has 4 aliphatic rings. The maximum atomic E-state index is 12.9. The lowest BCUT2D eigenvalue weighted by atomic mass is 9.71. The van der Waals surface area contributed by atoms with Crippen LogP contribution >= 0.6 is 0 Å². The number of anilines is 1. The number of likely N-dealkylation sites (tertiary alicyclic amines) is 1. The molecule has 3 amide bonds. The lowest BCUT2D eigenvalue weighted by Gasteiger charge is -2.55. The second-order valence-electron chi connectivity index (χ2n) is 10.2. The predicted molar refractivity (Wildman–Crippen MR) is 126 cm³/mol. The van der Waals surface area contributed by atoms with Crippen LogP contribution in [0.5, 0.6) is 0 Å². The normalized spacial score (nSPS) is 24.2. The fraction of sp³-hybridized carbons (Fsp3) is 0.462. The summed E-state index contributed by atoms with van der Waals surface area (Å²) in [6, 6.07) is 9.63. The molecule has 1 unspecified atom stereocenters. The third kappa shape index (κ3) is 3.76. The van der Waals surface area contributed by atoms with Gasteiger partial charge in [-0.05, 0) is 67.7 Å². The summed E-state index contributed by atoms with van der Waals surface area (Å²) in [5.41, 5.74) is 4.46. The number of hydrogen-bond acceptors (Lipinski definition) is 6. The third-order valence-electron chi connectivity index (χ3n) is 7.97. The maximum Gasteiger partial charge on any atom is 0.255 e. The van der Waals surface area contributed by atoms with Gasteiger partial charge in [0.05, 0.1) is 0 Å². The molecule has 8 heteroatoms. The average molecular weight is 460 g/mol. The zero-order valence-corrected chi connectivity index (χ0v) is 19.2. The van der Waals surface area contributed by atoms with Crippen LogP contribution in [0, 0.1) is 5.41 Å². The lowest BCUT2D eigenvalue weighted by molar-refractivity contribution is -0.136. The fourth-order valence-corrected chi connectivity index (χ4v) is 5.96. The summed E-state index contributed by atoms with van der Waals surface area (Å²) in [5.74, 6) is -0.739. The van der Waals surface area contributed by atoms with Gasteiger partial charge >= 0.3 is 0 Å². The molecule has 5 heterocycles. The number of fused-ring (bicyclic) bond motifs is 1. The number of benzene rings is 1. The van der Waals surface area contributed by atoms with E-state index in [1.807, 2.05) is 30.6 Å². The third-order valence-corrected chi connectivity index (χ3v) is 7.97. The van der Waals surface area contributed by atoms with Gasteiger partial charge in [-0.25, -0.2) is 0 Å². The number of aromatic nitrogens is 1. The van der Waals surface area contributed by atoms with Gasteiger partial charge in [0.1, 0.15) is 6.04 Å². The van der Waals surface area contributed by atoms with Gasteiger partial charge in [-0.15, -0.1) is 0 Å². The standard InChI is InChI=1S/C26H29N5O3/c32-23-6-5-22(24(33)28-23)31-15-19-12-20(3-4-21(19)25(31)34)30-16-26(17-30)7-10-29(11-8-26)14-18-2-1-9-27-13-18/h1-4,9,12-13,22H,5-8,10-11,14-17H2,(H,28,32,33). The Morgan fingerprint density at radius 3 is 2.65 bits per heavy atom. The largest absolute Gasteiger partial charge is 0.370 e. The number of carbonyl (C=O) groups excluding carboxylic acids is 3. The Kier molecular flexibility index (Phi) is 5.13. The molecule has 3 fully saturated rings. The van der Waals surface area contributed by atoms with Crippen molar-refractivity contribution in [2.75, 3.05) is 31.1 Å². The summed E-state index contributed by atoms with van der Waals surface area (Å²) in [6.07, 6.45) is 6.85. The molecule has 0 aliphatic carbocycles. The number of imide groups is 1. The van der Waals surface area contributed by atoms with Crippen molar-refractivity contribution in [1.29, 1.82) is 0 Å².